The monoisotopic (exact) mass is 221 g/mol. The zero-order valence-corrected chi connectivity index (χ0v) is 9.70. The van der Waals surface area contributed by atoms with Gasteiger partial charge in [0.2, 0.25) is 0 Å². The molecule has 0 atom stereocenters. The summed E-state index contributed by atoms with van der Waals surface area (Å²) in [6.07, 6.45) is 1.56. The zero-order chi connectivity index (χ0) is 11.4. The largest absolute Gasteiger partial charge is 0.494 e. The second-order valence-corrected chi connectivity index (χ2v) is 4.24. The summed E-state index contributed by atoms with van der Waals surface area (Å²) in [5, 5.41) is 13.7. The number of nitrogens with one attached hydrogen (secondary N) is 1. The predicted molar refractivity (Wildman–Crippen MR) is 63.6 cm³/mol. The minimum absolute atomic E-state index is 0.657. The van der Waals surface area contributed by atoms with E-state index in [0.29, 0.717) is 6.61 Å². The summed E-state index contributed by atoms with van der Waals surface area (Å²) < 4.78 is 5.39. The lowest BCUT2D eigenvalue weighted by atomic mass is 9.85. The van der Waals surface area contributed by atoms with Crippen LogP contribution in [0.4, 0.5) is 0 Å². The van der Waals surface area contributed by atoms with Gasteiger partial charge in [-0.15, -0.1) is 0 Å². The van der Waals surface area contributed by atoms with Crippen molar-refractivity contribution in [3.63, 3.8) is 0 Å². The number of benzene rings is 1. The van der Waals surface area contributed by atoms with E-state index < -0.39 is 5.60 Å². The van der Waals surface area contributed by atoms with E-state index in [4.69, 9.17) is 4.74 Å². The molecule has 0 aliphatic carbocycles. The molecule has 0 saturated carbocycles. The van der Waals surface area contributed by atoms with Gasteiger partial charge in [0, 0.05) is 0 Å². The summed E-state index contributed by atoms with van der Waals surface area (Å²) in [6, 6.07) is 7.80. The van der Waals surface area contributed by atoms with Gasteiger partial charge in [0.15, 0.2) is 0 Å². The van der Waals surface area contributed by atoms with Gasteiger partial charge in [-0.2, -0.15) is 0 Å². The number of hydrogen-bond donors (Lipinski definition) is 2. The fraction of sp³-hybridized carbons (Fsp3) is 0.538. The van der Waals surface area contributed by atoms with Crippen LogP contribution in [0.5, 0.6) is 5.75 Å². The standard InChI is InChI=1S/C13H19NO2/c1-2-16-12-5-3-11(4-6-12)13(15)7-9-14-10-8-13/h3-6,14-15H,2,7-10H2,1H3. The molecule has 1 heterocycles. The number of ether oxygens (including phenoxy) is 1. The Morgan fingerprint density at radius 1 is 1.25 bits per heavy atom. The smallest absolute Gasteiger partial charge is 0.119 e. The second kappa shape index (κ2) is 4.85. The van der Waals surface area contributed by atoms with E-state index in [0.717, 1.165) is 37.2 Å². The van der Waals surface area contributed by atoms with Gasteiger partial charge in [0.05, 0.1) is 12.2 Å². The van der Waals surface area contributed by atoms with Crippen molar-refractivity contribution in [1.29, 1.82) is 0 Å². The molecule has 3 heteroatoms. The van der Waals surface area contributed by atoms with E-state index in [1.165, 1.54) is 0 Å². The third kappa shape index (κ3) is 2.36. The van der Waals surface area contributed by atoms with Gasteiger partial charge in [-0.25, -0.2) is 0 Å². The van der Waals surface area contributed by atoms with Crippen LogP contribution in [0.1, 0.15) is 25.3 Å². The third-order valence-corrected chi connectivity index (χ3v) is 3.13. The van der Waals surface area contributed by atoms with Gasteiger partial charge in [-0.3, -0.25) is 0 Å². The van der Waals surface area contributed by atoms with Crippen molar-refractivity contribution in [2.45, 2.75) is 25.4 Å². The summed E-state index contributed by atoms with van der Waals surface area (Å²) in [5.41, 5.74) is 0.341. The Kier molecular flexibility index (Phi) is 3.46. The Morgan fingerprint density at radius 3 is 2.44 bits per heavy atom. The molecule has 3 nitrogen and oxygen atoms in total. The fourth-order valence-corrected chi connectivity index (χ4v) is 2.16. The van der Waals surface area contributed by atoms with Gasteiger partial charge in [0.25, 0.3) is 0 Å². The highest BCUT2D eigenvalue weighted by molar-refractivity contribution is 5.31. The first-order chi connectivity index (χ1) is 7.74. The van der Waals surface area contributed by atoms with Crippen molar-refractivity contribution in [2.24, 2.45) is 0 Å². The first kappa shape index (κ1) is 11.4. The van der Waals surface area contributed by atoms with Crippen molar-refractivity contribution in [1.82, 2.24) is 5.32 Å². The molecular formula is C13H19NO2. The van der Waals surface area contributed by atoms with Crippen LogP contribution in [0.3, 0.4) is 0 Å². The fourth-order valence-electron chi connectivity index (χ4n) is 2.16. The van der Waals surface area contributed by atoms with Crippen LogP contribution >= 0.6 is 0 Å². The lowest BCUT2D eigenvalue weighted by molar-refractivity contribution is 0.00591. The van der Waals surface area contributed by atoms with E-state index in [9.17, 15) is 5.11 Å². The number of hydrogen-bond acceptors (Lipinski definition) is 3. The molecule has 0 amide bonds. The summed E-state index contributed by atoms with van der Waals surface area (Å²) in [6.45, 7) is 4.40. The topological polar surface area (TPSA) is 41.5 Å². The van der Waals surface area contributed by atoms with E-state index in [2.05, 4.69) is 5.32 Å². The third-order valence-electron chi connectivity index (χ3n) is 3.13. The number of piperidine rings is 1. The molecule has 1 aliphatic rings. The Bertz CT molecular complexity index is 328. The molecule has 1 aromatic rings. The molecule has 1 saturated heterocycles. The van der Waals surface area contributed by atoms with Crippen molar-refractivity contribution in [3.8, 4) is 5.75 Å². The van der Waals surface area contributed by atoms with Gasteiger partial charge >= 0.3 is 0 Å². The van der Waals surface area contributed by atoms with Crippen molar-refractivity contribution < 1.29 is 9.84 Å². The molecule has 0 unspecified atom stereocenters. The molecule has 2 N–H and O–H groups in total. The molecule has 2 rings (SSSR count). The molecule has 88 valence electrons. The maximum atomic E-state index is 10.5. The first-order valence-electron chi connectivity index (χ1n) is 5.91. The molecule has 0 aromatic heterocycles. The van der Waals surface area contributed by atoms with Crippen LogP contribution < -0.4 is 10.1 Å². The van der Waals surface area contributed by atoms with Crippen LogP contribution in [-0.2, 0) is 5.60 Å². The van der Waals surface area contributed by atoms with Crippen LogP contribution in [0, 0.1) is 0 Å². The SMILES string of the molecule is CCOc1ccc(C2(O)CCNCC2)cc1. The first-order valence-corrected chi connectivity index (χ1v) is 5.91. The molecular weight excluding hydrogens is 202 g/mol. The Labute approximate surface area is 96.4 Å². The molecule has 0 bridgehead atoms. The van der Waals surface area contributed by atoms with Crippen molar-refractivity contribution in [2.75, 3.05) is 19.7 Å². The minimum Gasteiger partial charge on any atom is -0.494 e. The summed E-state index contributed by atoms with van der Waals surface area (Å²) in [5.74, 6) is 0.865. The van der Waals surface area contributed by atoms with Crippen LogP contribution in [0.15, 0.2) is 24.3 Å². The van der Waals surface area contributed by atoms with Gasteiger partial charge < -0.3 is 15.2 Å². The lowest BCUT2D eigenvalue weighted by Gasteiger charge is -2.33. The van der Waals surface area contributed by atoms with Gasteiger partial charge in [-0.1, -0.05) is 12.1 Å². The zero-order valence-electron chi connectivity index (χ0n) is 9.70. The van der Waals surface area contributed by atoms with Crippen molar-refractivity contribution in [3.05, 3.63) is 29.8 Å². The van der Waals surface area contributed by atoms with E-state index in [1.807, 2.05) is 31.2 Å². The molecule has 16 heavy (non-hydrogen) atoms. The van der Waals surface area contributed by atoms with E-state index in [-0.39, 0.29) is 0 Å². The molecule has 0 radical (unpaired) electrons. The van der Waals surface area contributed by atoms with Gasteiger partial charge in [-0.05, 0) is 50.6 Å². The Morgan fingerprint density at radius 2 is 1.88 bits per heavy atom. The molecule has 1 aliphatic heterocycles. The molecule has 0 spiro atoms. The maximum absolute atomic E-state index is 10.5. The normalized spacial score (nSPS) is 19.4. The Balaban J connectivity index is 2.13. The second-order valence-electron chi connectivity index (χ2n) is 4.24. The average molecular weight is 221 g/mol. The van der Waals surface area contributed by atoms with Crippen LogP contribution in [0.25, 0.3) is 0 Å². The van der Waals surface area contributed by atoms with Crippen molar-refractivity contribution >= 4 is 0 Å². The highest BCUT2D eigenvalue weighted by atomic mass is 16.5. The molecule has 1 aromatic carbocycles. The average Bonchev–Trinajstić information content (AvgIpc) is 2.31. The highest BCUT2D eigenvalue weighted by Crippen LogP contribution is 2.31. The molecule has 1 fully saturated rings. The number of aliphatic hydroxyl groups is 1. The lowest BCUT2D eigenvalue weighted by Crippen LogP contribution is -2.39. The summed E-state index contributed by atoms with van der Waals surface area (Å²) >= 11 is 0. The highest BCUT2D eigenvalue weighted by Gasteiger charge is 2.30. The summed E-state index contributed by atoms with van der Waals surface area (Å²) in [7, 11) is 0. The van der Waals surface area contributed by atoms with Gasteiger partial charge in [0.1, 0.15) is 5.75 Å². The minimum atomic E-state index is -0.657. The summed E-state index contributed by atoms with van der Waals surface area (Å²) in [4.78, 5) is 0. The Hall–Kier alpha value is -1.06. The van der Waals surface area contributed by atoms with E-state index in [1.54, 1.807) is 0 Å². The van der Waals surface area contributed by atoms with Crippen LogP contribution in [-0.4, -0.2) is 24.8 Å². The van der Waals surface area contributed by atoms with Crippen LogP contribution in [0.2, 0.25) is 0 Å². The number of rotatable bonds is 3. The maximum Gasteiger partial charge on any atom is 0.119 e. The quantitative estimate of drug-likeness (QED) is 0.815. The predicted octanol–water partition coefficient (Wildman–Crippen LogP) is 1.66. The van der Waals surface area contributed by atoms with E-state index >= 15 is 0 Å².